The molecule has 0 bridgehead atoms. The Morgan fingerprint density at radius 2 is 2.38 bits per heavy atom. The summed E-state index contributed by atoms with van der Waals surface area (Å²) < 4.78 is 0. The molecular weight excluding hydrogens is 204 g/mol. The topological polar surface area (TPSA) is 80.0 Å². The van der Waals surface area contributed by atoms with Crippen LogP contribution in [0.3, 0.4) is 0 Å². The summed E-state index contributed by atoms with van der Waals surface area (Å²) in [6.45, 7) is 4.49. The van der Waals surface area contributed by atoms with Gasteiger partial charge in [0.2, 0.25) is 5.91 Å². The zero-order chi connectivity index (χ0) is 12.0. The zero-order valence-electron chi connectivity index (χ0n) is 9.66. The van der Waals surface area contributed by atoms with E-state index in [1.807, 2.05) is 6.92 Å². The highest BCUT2D eigenvalue weighted by Gasteiger charge is 2.12. The predicted octanol–water partition coefficient (Wildman–Crippen LogP) is 0.990. The van der Waals surface area contributed by atoms with Crippen LogP contribution in [0.1, 0.15) is 20.3 Å². The first-order chi connectivity index (χ1) is 7.65. The van der Waals surface area contributed by atoms with E-state index in [4.69, 9.17) is 5.73 Å². The second kappa shape index (κ2) is 5.95. The highest BCUT2D eigenvalue weighted by Crippen LogP contribution is 2.14. The molecule has 0 aliphatic carbocycles. The Balaban J connectivity index is 2.54. The first kappa shape index (κ1) is 12.3. The van der Waals surface area contributed by atoms with Crippen LogP contribution in [-0.2, 0) is 4.79 Å². The monoisotopic (exact) mass is 222 g/mol. The van der Waals surface area contributed by atoms with Crippen molar-refractivity contribution in [2.24, 2.45) is 0 Å². The lowest BCUT2D eigenvalue weighted by atomic mass is 10.2. The molecule has 4 N–H and O–H groups in total. The number of nitrogen functional groups attached to an aromatic ring is 1. The Hall–Kier alpha value is -1.78. The molecule has 1 unspecified atom stereocenters. The van der Waals surface area contributed by atoms with E-state index in [2.05, 4.69) is 15.6 Å². The molecule has 0 aliphatic rings. The zero-order valence-corrected chi connectivity index (χ0v) is 9.66. The molecule has 0 saturated heterocycles. The molecule has 1 heterocycles. The van der Waals surface area contributed by atoms with Gasteiger partial charge in [-0.3, -0.25) is 4.79 Å². The first-order valence-electron chi connectivity index (χ1n) is 5.40. The molecule has 0 saturated carbocycles. The van der Waals surface area contributed by atoms with Gasteiger partial charge in [0.25, 0.3) is 0 Å². The van der Waals surface area contributed by atoms with Crippen LogP contribution in [0.25, 0.3) is 0 Å². The van der Waals surface area contributed by atoms with E-state index in [1.165, 1.54) is 0 Å². The van der Waals surface area contributed by atoms with E-state index >= 15 is 0 Å². The summed E-state index contributed by atoms with van der Waals surface area (Å²) in [4.78, 5) is 15.5. The van der Waals surface area contributed by atoms with E-state index in [1.54, 1.807) is 25.3 Å². The SMILES string of the molecule is CCCNC(=O)C(C)Nc1cccnc1N. The van der Waals surface area contributed by atoms with E-state index in [9.17, 15) is 4.79 Å². The largest absolute Gasteiger partial charge is 0.382 e. The number of nitrogens with zero attached hydrogens (tertiary/aromatic N) is 1. The van der Waals surface area contributed by atoms with Crippen molar-refractivity contribution in [2.45, 2.75) is 26.3 Å². The minimum absolute atomic E-state index is 0.0369. The van der Waals surface area contributed by atoms with Gasteiger partial charge in [-0.05, 0) is 25.5 Å². The highest BCUT2D eigenvalue weighted by molar-refractivity contribution is 5.85. The molecule has 0 aliphatic heterocycles. The molecule has 0 spiro atoms. The van der Waals surface area contributed by atoms with Crippen LogP contribution in [0.4, 0.5) is 11.5 Å². The summed E-state index contributed by atoms with van der Waals surface area (Å²) >= 11 is 0. The van der Waals surface area contributed by atoms with Gasteiger partial charge >= 0.3 is 0 Å². The van der Waals surface area contributed by atoms with Crippen LogP contribution in [0.2, 0.25) is 0 Å². The molecule has 1 atom stereocenters. The van der Waals surface area contributed by atoms with Gasteiger partial charge in [-0.15, -0.1) is 0 Å². The summed E-state index contributed by atoms with van der Waals surface area (Å²) in [6, 6.07) is 3.25. The number of rotatable bonds is 5. The minimum Gasteiger partial charge on any atom is -0.382 e. The van der Waals surface area contributed by atoms with Crippen molar-refractivity contribution in [2.75, 3.05) is 17.6 Å². The van der Waals surface area contributed by atoms with Gasteiger partial charge in [0.05, 0.1) is 5.69 Å². The lowest BCUT2D eigenvalue weighted by Gasteiger charge is -2.15. The van der Waals surface area contributed by atoms with E-state index in [-0.39, 0.29) is 11.9 Å². The Bertz CT molecular complexity index is 354. The van der Waals surface area contributed by atoms with Crippen molar-refractivity contribution in [3.8, 4) is 0 Å². The van der Waals surface area contributed by atoms with Crippen molar-refractivity contribution in [3.05, 3.63) is 18.3 Å². The Morgan fingerprint density at radius 1 is 1.62 bits per heavy atom. The highest BCUT2D eigenvalue weighted by atomic mass is 16.2. The molecule has 1 aromatic heterocycles. The van der Waals surface area contributed by atoms with Gasteiger partial charge in [0, 0.05) is 12.7 Å². The molecule has 1 aromatic rings. The fraction of sp³-hybridized carbons (Fsp3) is 0.455. The normalized spacial score (nSPS) is 11.9. The van der Waals surface area contributed by atoms with Gasteiger partial charge in [0.15, 0.2) is 0 Å². The second-order valence-corrected chi connectivity index (χ2v) is 3.59. The van der Waals surface area contributed by atoms with Crippen molar-refractivity contribution in [1.29, 1.82) is 0 Å². The number of carbonyl (C=O) groups is 1. The lowest BCUT2D eigenvalue weighted by molar-refractivity contribution is -0.121. The molecule has 5 heteroatoms. The smallest absolute Gasteiger partial charge is 0.242 e. The summed E-state index contributed by atoms with van der Waals surface area (Å²) in [5, 5.41) is 5.83. The Kier molecular flexibility index (Phi) is 4.57. The van der Waals surface area contributed by atoms with Crippen molar-refractivity contribution >= 4 is 17.4 Å². The van der Waals surface area contributed by atoms with Crippen LogP contribution >= 0.6 is 0 Å². The summed E-state index contributed by atoms with van der Waals surface area (Å²) in [7, 11) is 0. The van der Waals surface area contributed by atoms with Crippen LogP contribution < -0.4 is 16.4 Å². The van der Waals surface area contributed by atoms with E-state index in [0.29, 0.717) is 18.1 Å². The van der Waals surface area contributed by atoms with Crippen molar-refractivity contribution in [1.82, 2.24) is 10.3 Å². The Labute approximate surface area is 95.4 Å². The molecule has 0 fully saturated rings. The lowest BCUT2D eigenvalue weighted by Crippen LogP contribution is -2.38. The van der Waals surface area contributed by atoms with Crippen molar-refractivity contribution in [3.63, 3.8) is 0 Å². The fourth-order valence-electron chi connectivity index (χ4n) is 1.24. The number of hydrogen-bond acceptors (Lipinski definition) is 4. The Morgan fingerprint density at radius 3 is 3.00 bits per heavy atom. The maximum absolute atomic E-state index is 11.6. The number of nitrogens with two attached hydrogens (primary N) is 1. The average molecular weight is 222 g/mol. The summed E-state index contributed by atoms with van der Waals surface area (Å²) in [5.74, 6) is 0.364. The third-order valence-electron chi connectivity index (χ3n) is 2.15. The molecule has 1 rings (SSSR count). The summed E-state index contributed by atoms with van der Waals surface area (Å²) in [6.07, 6.45) is 2.54. The van der Waals surface area contributed by atoms with E-state index in [0.717, 1.165) is 6.42 Å². The number of anilines is 2. The summed E-state index contributed by atoms with van der Waals surface area (Å²) in [5.41, 5.74) is 6.35. The maximum atomic E-state index is 11.6. The number of carbonyl (C=O) groups excluding carboxylic acids is 1. The third-order valence-corrected chi connectivity index (χ3v) is 2.15. The van der Waals surface area contributed by atoms with Gasteiger partial charge in [0.1, 0.15) is 11.9 Å². The van der Waals surface area contributed by atoms with Crippen LogP contribution in [0.15, 0.2) is 18.3 Å². The number of pyridine rings is 1. The molecule has 16 heavy (non-hydrogen) atoms. The standard InChI is InChI=1S/C11H18N4O/c1-3-6-14-11(16)8(2)15-9-5-4-7-13-10(9)12/h4-5,7-8,15H,3,6H2,1-2H3,(H2,12,13)(H,14,16). The molecular formula is C11H18N4O. The molecule has 0 radical (unpaired) electrons. The van der Waals surface area contributed by atoms with Gasteiger partial charge < -0.3 is 16.4 Å². The van der Waals surface area contributed by atoms with Crippen LogP contribution in [0.5, 0.6) is 0 Å². The first-order valence-corrected chi connectivity index (χ1v) is 5.40. The molecule has 5 nitrogen and oxygen atoms in total. The number of hydrogen-bond donors (Lipinski definition) is 3. The number of nitrogens with one attached hydrogen (secondary N) is 2. The van der Waals surface area contributed by atoms with Gasteiger partial charge in [-0.1, -0.05) is 6.92 Å². The average Bonchev–Trinajstić information content (AvgIpc) is 2.28. The molecule has 1 amide bonds. The third kappa shape index (κ3) is 3.42. The second-order valence-electron chi connectivity index (χ2n) is 3.59. The maximum Gasteiger partial charge on any atom is 0.242 e. The fourth-order valence-corrected chi connectivity index (χ4v) is 1.24. The quantitative estimate of drug-likeness (QED) is 0.694. The predicted molar refractivity (Wildman–Crippen MR) is 65.0 cm³/mol. The van der Waals surface area contributed by atoms with Gasteiger partial charge in [-0.25, -0.2) is 4.98 Å². The molecule has 88 valence electrons. The number of amides is 1. The van der Waals surface area contributed by atoms with Gasteiger partial charge in [-0.2, -0.15) is 0 Å². The molecule has 0 aromatic carbocycles. The minimum atomic E-state index is -0.321. The van der Waals surface area contributed by atoms with Crippen LogP contribution in [0, 0.1) is 0 Å². The number of aromatic nitrogens is 1. The van der Waals surface area contributed by atoms with Crippen molar-refractivity contribution < 1.29 is 4.79 Å². The van der Waals surface area contributed by atoms with E-state index < -0.39 is 0 Å². The van der Waals surface area contributed by atoms with Crippen LogP contribution in [-0.4, -0.2) is 23.5 Å².